The van der Waals surface area contributed by atoms with Crippen LogP contribution in [0, 0.1) is 6.92 Å². The molecule has 0 fully saturated rings. The third kappa shape index (κ3) is 3.27. The maximum absolute atomic E-state index is 12.4. The van der Waals surface area contributed by atoms with Gasteiger partial charge in [0.15, 0.2) is 5.13 Å². The number of pyridine rings is 1. The van der Waals surface area contributed by atoms with Gasteiger partial charge in [-0.1, -0.05) is 35.1 Å². The van der Waals surface area contributed by atoms with Crippen LogP contribution in [0.1, 0.15) is 15.9 Å². The molecule has 1 amide bonds. The highest BCUT2D eigenvalue weighted by Gasteiger charge is 2.10. The SMILES string of the molecule is Cc1cccc(C(=O)Nc2nc3ccc(-c4ccncc4)cc3s2)c1. The fourth-order valence-electron chi connectivity index (χ4n) is 2.66. The van der Waals surface area contributed by atoms with Crippen LogP contribution in [-0.4, -0.2) is 15.9 Å². The van der Waals surface area contributed by atoms with Crippen LogP contribution in [0.25, 0.3) is 21.3 Å². The number of nitrogens with zero attached hydrogens (tertiary/aromatic N) is 2. The molecule has 0 aliphatic rings. The minimum Gasteiger partial charge on any atom is -0.298 e. The Kier molecular flexibility index (Phi) is 3.99. The molecule has 4 nitrogen and oxygen atoms in total. The van der Waals surface area contributed by atoms with Gasteiger partial charge in [0, 0.05) is 18.0 Å². The molecule has 0 aliphatic heterocycles. The molecule has 0 atom stereocenters. The van der Waals surface area contributed by atoms with Crippen LogP contribution in [0.4, 0.5) is 5.13 Å². The molecule has 0 spiro atoms. The first-order valence-corrected chi connectivity index (χ1v) is 8.70. The molecule has 4 aromatic rings. The molecule has 5 heteroatoms. The zero-order chi connectivity index (χ0) is 17.2. The summed E-state index contributed by atoms with van der Waals surface area (Å²) in [4.78, 5) is 20.9. The average Bonchev–Trinajstić information content (AvgIpc) is 3.03. The second kappa shape index (κ2) is 6.45. The Hall–Kier alpha value is -3.05. The second-order valence-corrected chi connectivity index (χ2v) is 6.79. The third-order valence-electron chi connectivity index (χ3n) is 3.90. The molecule has 0 aliphatic carbocycles. The van der Waals surface area contributed by atoms with Crippen molar-refractivity contribution in [1.82, 2.24) is 9.97 Å². The number of carbonyl (C=O) groups excluding carboxylic acids is 1. The molecule has 2 aromatic carbocycles. The quantitative estimate of drug-likeness (QED) is 0.573. The van der Waals surface area contributed by atoms with Crippen LogP contribution in [0.3, 0.4) is 0 Å². The Bertz CT molecular complexity index is 1060. The summed E-state index contributed by atoms with van der Waals surface area (Å²) in [7, 11) is 0. The van der Waals surface area contributed by atoms with Crippen molar-refractivity contribution in [2.75, 3.05) is 5.32 Å². The van der Waals surface area contributed by atoms with Gasteiger partial charge in [0.25, 0.3) is 5.91 Å². The van der Waals surface area contributed by atoms with Crippen molar-refractivity contribution in [1.29, 1.82) is 0 Å². The Morgan fingerprint density at radius 2 is 1.84 bits per heavy atom. The van der Waals surface area contributed by atoms with E-state index < -0.39 is 0 Å². The number of thiazole rings is 1. The minimum absolute atomic E-state index is 0.142. The zero-order valence-corrected chi connectivity index (χ0v) is 14.4. The van der Waals surface area contributed by atoms with E-state index in [1.54, 1.807) is 18.5 Å². The summed E-state index contributed by atoms with van der Waals surface area (Å²) in [5, 5.41) is 3.50. The normalized spacial score (nSPS) is 10.8. The maximum atomic E-state index is 12.4. The van der Waals surface area contributed by atoms with Crippen molar-refractivity contribution in [3.63, 3.8) is 0 Å². The first kappa shape index (κ1) is 15.5. The molecular weight excluding hydrogens is 330 g/mol. The Morgan fingerprint density at radius 1 is 1.00 bits per heavy atom. The van der Waals surface area contributed by atoms with Crippen LogP contribution in [0.2, 0.25) is 0 Å². The molecule has 0 saturated carbocycles. The number of hydrogen-bond acceptors (Lipinski definition) is 4. The molecule has 25 heavy (non-hydrogen) atoms. The van der Waals surface area contributed by atoms with E-state index in [1.807, 2.05) is 49.4 Å². The fraction of sp³-hybridized carbons (Fsp3) is 0.0500. The monoisotopic (exact) mass is 345 g/mol. The van der Waals surface area contributed by atoms with Gasteiger partial charge in [-0.15, -0.1) is 0 Å². The number of amides is 1. The molecule has 1 N–H and O–H groups in total. The Labute approximate surface area is 149 Å². The van der Waals surface area contributed by atoms with Crippen LogP contribution < -0.4 is 5.32 Å². The minimum atomic E-state index is -0.142. The number of benzene rings is 2. The van der Waals surface area contributed by atoms with E-state index in [9.17, 15) is 4.79 Å². The van der Waals surface area contributed by atoms with Gasteiger partial charge in [-0.3, -0.25) is 15.1 Å². The van der Waals surface area contributed by atoms with Crippen molar-refractivity contribution in [3.05, 3.63) is 78.1 Å². The van der Waals surface area contributed by atoms with Gasteiger partial charge < -0.3 is 0 Å². The molecular formula is C20H15N3OS. The van der Waals surface area contributed by atoms with E-state index in [4.69, 9.17) is 0 Å². The number of anilines is 1. The summed E-state index contributed by atoms with van der Waals surface area (Å²) in [6, 6.07) is 17.6. The number of rotatable bonds is 3. The van der Waals surface area contributed by atoms with Gasteiger partial charge in [0.2, 0.25) is 0 Å². The van der Waals surface area contributed by atoms with Crippen LogP contribution in [-0.2, 0) is 0 Å². The van der Waals surface area contributed by atoms with E-state index in [-0.39, 0.29) is 5.91 Å². The molecule has 0 bridgehead atoms. The van der Waals surface area contributed by atoms with Crippen molar-refractivity contribution in [3.8, 4) is 11.1 Å². The van der Waals surface area contributed by atoms with Crippen molar-refractivity contribution in [2.24, 2.45) is 0 Å². The lowest BCUT2D eigenvalue weighted by Gasteiger charge is -2.02. The van der Waals surface area contributed by atoms with Crippen LogP contribution in [0.15, 0.2) is 67.0 Å². The Balaban J connectivity index is 1.62. The molecule has 0 saturated heterocycles. The van der Waals surface area contributed by atoms with Gasteiger partial charge >= 0.3 is 0 Å². The number of aromatic nitrogens is 2. The summed E-state index contributed by atoms with van der Waals surface area (Å²) in [6.07, 6.45) is 3.55. The molecule has 0 unspecified atom stereocenters. The summed E-state index contributed by atoms with van der Waals surface area (Å²) in [5.74, 6) is -0.142. The average molecular weight is 345 g/mol. The molecule has 2 heterocycles. The molecule has 122 valence electrons. The van der Waals surface area contributed by atoms with E-state index in [0.717, 1.165) is 26.9 Å². The molecule has 2 aromatic heterocycles. The zero-order valence-electron chi connectivity index (χ0n) is 13.6. The van der Waals surface area contributed by atoms with Crippen molar-refractivity contribution < 1.29 is 4.79 Å². The van der Waals surface area contributed by atoms with E-state index in [0.29, 0.717) is 10.7 Å². The van der Waals surface area contributed by atoms with Gasteiger partial charge in [0.1, 0.15) is 0 Å². The van der Waals surface area contributed by atoms with Crippen molar-refractivity contribution >= 4 is 32.6 Å². The lowest BCUT2D eigenvalue weighted by atomic mass is 10.1. The smallest absolute Gasteiger partial charge is 0.257 e. The first-order valence-electron chi connectivity index (χ1n) is 7.88. The summed E-state index contributed by atoms with van der Waals surface area (Å²) in [5.41, 5.74) is 4.78. The topological polar surface area (TPSA) is 54.9 Å². The molecule has 4 rings (SSSR count). The largest absolute Gasteiger partial charge is 0.298 e. The predicted molar refractivity (Wildman–Crippen MR) is 102 cm³/mol. The number of aryl methyl sites for hydroxylation is 1. The van der Waals surface area contributed by atoms with Crippen molar-refractivity contribution in [2.45, 2.75) is 6.92 Å². The highest BCUT2D eigenvalue weighted by Crippen LogP contribution is 2.30. The highest BCUT2D eigenvalue weighted by molar-refractivity contribution is 7.22. The Morgan fingerprint density at radius 3 is 2.64 bits per heavy atom. The van der Waals surface area contributed by atoms with Gasteiger partial charge in [-0.05, 0) is 54.4 Å². The maximum Gasteiger partial charge on any atom is 0.257 e. The van der Waals surface area contributed by atoms with E-state index in [1.165, 1.54) is 11.3 Å². The van der Waals surface area contributed by atoms with Crippen LogP contribution >= 0.6 is 11.3 Å². The van der Waals surface area contributed by atoms with Gasteiger partial charge in [-0.25, -0.2) is 4.98 Å². The second-order valence-electron chi connectivity index (χ2n) is 5.76. The standard InChI is InChI=1S/C20H15N3OS/c1-13-3-2-4-16(11-13)19(24)23-20-22-17-6-5-15(12-18(17)25-20)14-7-9-21-10-8-14/h2-12H,1H3,(H,22,23,24). The first-order chi connectivity index (χ1) is 12.2. The fourth-order valence-corrected chi connectivity index (χ4v) is 3.56. The summed E-state index contributed by atoms with van der Waals surface area (Å²) in [6.45, 7) is 1.97. The highest BCUT2D eigenvalue weighted by atomic mass is 32.1. The third-order valence-corrected chi connectivity index (χ3v) is 4.84. The lowest BCUT2D eigenvalue weighted by molar-refractivity contribution is 0.102. The van der Waals surface area contributed by atoms with E-state index >= 15 is 0 Å². The number of nitrogens with one attached hydrogen (secondary N) is 1. The number of carbonyl (C=O) groups is 1. The predicted octanol–water partition coefficient (Wildman–Crippen LogP) is 4.92. The van der Waals surface area contributed by atoms with E-state index in [2.05, 4.69) is 21.4 Å². The summed E-state index contributed by atoms with van der Waals surface area (Å²) < 4.78 is 1.04. The van der Waals surface area contributed by atoms with Crippen LogP contribution in [0.5, 0.6) is 0 Å². The summed E-state index contributed by atoms with van der Waals surface area (Å²) >= 11 is 1.47. The number of fused-ring (bicyclic) bond motifs is 1. The lowest BCUT2D eigenvalue weighted by Crippen LogP contribution is -2.11. The van der Waals surface area contributed by atoms with Gasteiger partial charge in [-0.2, -0.15) is 0 Å². The molecule has 0 radical (unpaired) electrons. The number of hydrogen-bond donors (Lipinski definition) is 1. The van der Waals surface area contributed by atoms with Gasteiger partial charge in [0.05, 0.1) is 10.2 Å².